The molecule has 128 valence electrons. The Morgan fingerprint density at radius 1 is 0.962 bits per heavy atom. The van der Waals surface area contributed by atoms with Crippen LogP contribution in [0.1, 0.15) is 16.7 Å². The fourth-order valence-corrected chi connectivity index (χ4v) is 3.75. The maximum absolute atomic E-state index is 11.4. The van der Waals surface area contributed by atoms with Gasteiger partial charge in [0.2, 0.25) is 0 Å². The van der Waals surface area contributed by atoms with E-state index in [0.29, 0.717) is 11.5 Å². The van der Waals surface area contributed by atoms with E-state index in [4.69, 9.17) is 4.74 Å². The molecule has 1 aliphatic heterocycles. The summed E-state index contributed by atoms with van der Waals surface area (Å²) < 4.78 is 6.01. The molecule has 0 fully saturated rings. The minimum absolute atomic E-state index is 0.0196. The first kappa shape index (κ1) is 16.4. The number of aryl methyl sites for hydroxylation is 1. The van der Waals surface area contributed by atoms with Gasteiger partial charge in [0.05, 0.1) is 11.0 Å². The van der Waals surface area contributed by atoms with Gasteiger partial charge in [-0.15, -0.1) is 0 Å². The number of rotatable bonds is 3. The maximum Gasteiger partial charge on any atom is 0.274 e. The lowest BCUT2D eigenvalue weighted by atomic mass is 10.1. The van der Waals surface area contributed by atoms with Gasteiger partial charge in [-0.25, -0.2) is 0 Å². The van der Waals surface area contributed by atoms with Crippen molar-refractivity contribution < 1.29 is 9.66 Å². The molecule has 0 atom stereocenters. The molecule has 1 heterocycles. The van der Waals surface area contributed by atoms with E-state index in [1.807, 2.05) is 67.6 Å². The van der Waals surface area contributed by atoms with E-state index in [0.717, 1.165) is 20.9 Å². The first-order valence-corrected chi connectivity index (χ1v) is 8.94. The smallest absolute Gasteiger partial charge is 0.274 e. The van der Waals surface area contributed by atoms with Crippen LogP contribution in [0.25, 0.3) is 12.2 Å². The van der Waals surface area contributed by atoms with Crippen LogP contribution >= 0.6 is 11.8 Å². The molecule has 0 N–H and O–H groups in total. The second kappa shape index (κ2) is 6.69. The number of fused-ring (bicyclic) bond motifs is 2. The summed E-state index contributed by atoms with van der Waals surface area (Å²) in [6.45, 7) is 2.03. The number of para-hydroxylation sites is 1. The van der Waals surface area contributed by atoms with Crippen LogP contribution < -0.4 is 4.74 Å². The monoisotopic (exact) mass is 361 g/mol. The van der Waals surface area contributed by atoms with Gasteiger partial charge < -0.3 is 4.74 Å². The van der Waals surface area contributed by atoms with Gasteiger partial charge >= 0.3 is 0 Å². The van der Waals surface area contributed by atoms with Gasteiger partial charge in [0.15, 0.2) is 0 Å². The van der Waals surface area contributed by atoms with Crippen molar-refractivity contribution in [1.29, 1.82) is 0 Å². The summed E-state index contributed by atoms with van der Waals surface area (Å²) in [7, 11) is 0. The number of hydrogen-bond donors (Lipinski definition) is 0. The number of nitro benzene ring substituents is 1. The minimum atomic E-state index is -0.386. The highest BCUT2D eigenvalue weighted by Gasteiger charge is 2.20. The van der Waals surface area contributed by atoms with Crippen molar-refractivity contribution >= 4 is 29.6 Å². The molecule has 0 saturated carbocycles. The Labute approximate surface area is 155 Å². The molecule has 5 heteroatoms. The maximum atomic E-state index is 11.4. The Hall–Kier alpha value is -3.05. The molecule has 4 nitrogen and oxygen atoms in total. The van der Waals surface area contributed by atoms with E-state index in [2.05, 4.69) is 0 Å². The predicted octanol–water partition coefficient (Wildman–Crippen LogP) is 6.33. The van der Waals surface area contributed by atoms with Gasteiger partial charge in [-0.05, 0) is 31.2 Å². The van der Waals surface area contributed by atoms with Crippen LogP contribution in [0.5, 0.6) is 11.5 Å². The standard InChI is InChI=1S/C21H15NO3S/c1-14-6-9-17(10-7-14)26-21-13-16(22(23)24)12-20-18(21)11-8-15-4-2-3-5-19(15)25-20/h2-13H,1H3. The van der Waals surface area contributed by atoms with Gasteiger partial charge in [-0.3, -0.25) is 10.1 Å². The number of nitro groups is 1. The van der Waals surface area contributed by atoms with E-state index in [-0.39, 0.29) is 10.6 Å². The molecule has 0 bridgehead atoms. The predicted molar refractivity (Wildman–Crippen MR) is 104 cm³/mol. The number of nitrogens with zero attached hydrogens (tertiary/aromatic N) is 1. The van der Waals surface area contributed by atoms with E-state index in [9.17, 15) is 10.1 Å². The van der Waals surface area contributed by atoms with E-state index in [1.54, 1.807) is 6.07 Å². The molecule has 3 aromatic carbocycles. The third-order valence-corrected chi connectivity index (χ3v) is 5.18. The lowest BCUT2D eigenvalue weighted by molar-refractivity contribution is -0.385. The molecule has 3 aromatic rings. The molecule has 0 saturated heterocycles. The quantitative estimate of drug-likeness (QED) is 0.316. The fraction of sp³-hybridized carbons (Fsp3) is 0.0476. The second-order valence-electron chi connectivity index (χ2n) is 6.00. The van der Waals surface area contributed by atoms with Crippen molar-refractivity contribution in [2.45, 2.75) is 16.7 Å². The first-order chi connectivity index (χ1) is 12.6. The highest BCUT2D eigenvalue weighted by atomic mass is 32.2. The highest BCUT2D eigenvalue weighted by molar-refractivity contribution is 7.99. The summed E-state index contributed by atoms with van der Waals surface area (Å²) in [5.74, 6) is 1.18. The van der Waals surface area contributed by atoms with Crippen LogP contribution in [-0.4, -0.2) is 4.92 Å². The van der Waals surface area contributed by atoms with Crippen molar-refractivity contribution in [2.24, 2.45) is 0 Å². The van der Waals surface area contributed by atoms with Crippen LogP contribution in [0.3, 0.4) is 0 Å². The summed E-state index contributed by atoms with van der Waals surface area (Å²) >= 11 is 1.49. The van der Waals surface area contributed by atoms with Gasteiger partial charge in [-0.1, -0.05) is 53.7 Å². The average molecular weight is 361 g/mol. The molecule has 4 rings (SSSR count). The van der Waals surface area contributed by atoms with Crippen LogP contribution in [-0.2, 0) is 0 Å². The first-order valence-electron chi connectivity index (χ1n) is 8.12. The van der Waals surface area contributed by atoms with Crippen LogP contribution in [0.4, 0.5) is 5.69 Å². The zero-order valence-corrected chi connectivity index (χ0v) is 14.8. The lowest BCUT2D eigenvalue weighted by Gasteiger charge is -2.12. The van der Waals surface area contributed by atoms with E-state index >= 15 is 0 Å². The zero-order valence-electron chi connectivity index (χ0n) is 14.0. The summed E-state index contributed by atoms with van der Waals surface area (Å²) in [6, 6.07) is 18.8. The SMILES string of the molecule is Cc1ccc(Sc2cc([N+](=O)[O-])cc3c2C=Cc2ccccc2O3)cc1. The van der Waals surface area contributed by atoms with Crippen molar-refractivity contribution in [2.75, 3.05) is 0 Å². The summed E-state index contributed by atoms with van der Waals surface area (Å²) in [4.78, 5) is 12.8. The fourth-order valence-electron chi connectivity index (χ4n) is 2.76. The van der Waals surface area contributed by atoms with Gasteiger partial charge in [0, 0.05) is 27.0 Å². The molecule has 0 spiro atoms. The van der Waals surface area contributed by atoms with Gasteiger partial charge in [-0.2, -0.15) is 0 Å². The summed E-state index contributed by atoms with van der Waals surface area (Å²) in [6.07, 6.45) is 3.94. The second-order valence-corrected chi connectivity index (χ2v) is 7.12. The number of ether oxygens (including phenoxy) is 1. The van der Waals surface area contributed by atoms with Crippen LogP contribution in [0, 0.1) is 17.0 Å². The molecule has 0 amide bonds. The molecular formula is C21H15NO3S. The molecule has 0 unspecified atom stereocenters. The Morgan fingerprint density at radius 3 is 2.50 bits per heavy atom. The molecular weight excluding hydrogens is 346 g/mol. The largest absolute Gasteiger partial charge is 0.456 e. The van der Waals surface area contributed by atoms with Crippen molar-refractivity contribution in [3.05, 3.63) is 87.5 Å². The molecule has 1 aliphatic rings. The number of benzene rings is 3. The Balaban J connectivity index is 1.83. The summed E-state index contributed by atoms with van der Waals surface area (Å²) in [5.41, 5.74) is 2.98. The third kappa shape index (κ3) is 3.21. The molecule has 26 heavy (non-hydrogen) atoms. The molecule has 0 aromatic heterocycles. The highest BCUT2D eigenvalue weighted by Crippen LogP contribution is 2.43. The lowest BCUT2D eigenvalue weighted by Crippen LogP contribution is -1.94. The van der Waals surface area contributed by atoms with Crippen LogP contribution in [0.15, 0.2) is 70.5 Å². The van der Waals surface area contributed by atoms with E-state index in [1.165, 1.54) is 23.4 Å². The molecule has 0 aliphatic carbocycles. The van der Waals surface area contributed by atoms with Gasteiger partial charge in [0.25, 0.3) is 5.69 Å². The topological polar surface area (TPSA) is 52.4 Å². The third-order valence-electron chi connectivity index (χ3n) is 4.12. The van der Waals surface area contributed by atoms with Crippen molar-refractivity contribution in [3.8, 4) is 11.5 Å². The average Bonchev–Trinajstić information content (AvgIpc) is 2.82. The summed E-state index contributed by atoms with van der Waals surface area (Å²) in [5, 5.41) is 11.4. The van der Waals surface area contributed by atoms with Crippen molar-refractivity contribution in [3.63, 3.8) is 0 Å². The van der Waals surface area contributed by atoms with Crippen molar-refractivity contribution in [1.82, 2.24) is 0 Å². The minimum Gasteiger partial charge on any atom is -0.456 e. The molecule has 0 radical (unpaired) electrons. The van der Waals surface area contributed by atoms with Gasteiger partial charge in [0.1, 0.15) is 11.5 Å². The Kier molecular flexibility index (Phi) is 4.22. The normalized spacial score (nSPS) is 11.9. The van der Waals surface area contributed by atoms with E-state index < -0.39 is 0 Å². The Morgan fingerprint density at radius 2 is 1.73 bits per heavy atom. The number of non-ortho nitro benzene ring substituents is 1. The van der Waals surface area contributed by atoms with Crippen LogP contribution in [0.2, 0.25) is 0 Å². The number of hydrogen-bond acceptors (Lipinski definition) is 4. The zero-order chi connectivity index (χ0) is 18.1. The Bertz CT molecular complexity index is 1030.